The molecule has 0 spiro atoms. The van der Waals surface area contributed by atoms with E-state index in [1.54, 1.807) is 20.8 Å². The molecule has 1 amide bonds. The van der Waals surface area contributed by atoms with E-state index in [4.69, 9.17) is 10.5 Å². The summed E-state index contributed by atoms with van der Waals surface area (Å²) >= 11 is 0. The minimum atomic E-state index is -3.10. The lowest BCUT2D eigenvalue weighted by atomic mass is 9.96. The van der Waals surface area contributed by atoms with Gasteiger partial charge in [0.15, 0.2) is 0 Å². The van der Waals surface area contributed by atoms with Crippen LogP contribution in [0.4, 0.5) is 19.3 Å². The van der Waals surface area contributed by atoms with Crippen molar-refractivity contribution in [2.24, 2.45) is 0 Å². The molecule has 0 bridgehead atoms. The van der Waals surface area contributed by atoms with Crippen LogP contribution >= 0.6 is 0 Å². The monoisotopic (exact) mass is 284 g/mol. The second-order valence-electron chi connectivity index (χ2n) is 5.96. The first-order chi connectivity index (χ1) is 9.08. The van der Waals surface area contributed by atoms with Crippen molar-refractivity contribution < 1.29 is 18.3 Å². The van der Waals surface area contributed by atoms with Crippen molar-refractivity contribution in [3.05, 3.63) is 29.3 Å². The van der Waals surface area contributed by atoms with Crippen molar-refractivity contribution in [1.82, 2.24) is 4.90 Å². The van der Waals surface area contributed by atoms with Crippen LogP contribution < -0.4 is 5.73 Å². The van der Waals surface area contributed by atoms with Crippen molar-refractivity contribution in [3.8, 4) is 0 Å². The topological polar surface area (TPSA) is 55.6 Å². The maximum absolute atomic E-state index is 14.1. The molecule has 6 heteroatoms. The number of hydrogen-bond donors (Lipinski definition) is 1. The molecule has 0 unspecified atom stereocenters. The van der Waals surface area contributed by atoms with Gasteiger partial charge in [-0.05, 0) is 38.5 Å². The standard InChI is InChI=1S/C14H18F2N2O2/c1-13(2,3)20-12(19)18-7-9-6-10(17)4-5-11(9)14(15,16)8-18/h4-6H,7-8,17H2,1-3H3. The number of anilines is 1. The number of hydrogen-bond acceptors (Lipinski definition) is 3. The Labute approximate surface area is 116 Å². The van der Waals surface area contributed by atoms with Crippen molar-refractivity contribution in [1.29, 1.82) is 0 Å². The Kier molecular flexibility index (Phi) is 3.36. The second-order valence-corrected chi connectivity index (χ2v) is 5.96. The van der Waals surface area contributed by atoms with E-state index in [0.717, 1.165) is 4.90 Å². The molecule has 0 saturated carbocycles. The van der Waals surface area contributed by atoms with E-state index in [-0.39, 0.29) is 12.1 Å². The second kappa shape index (κ2) is 4.61. The van der Waals surface area contributed by atoms with Crippen LogP contribution in [0.5, 0.6) is 0 Å². The Bertz CT molecular complexity index is 538. The number of halogens is 2. The summed E-state index contributed by atoms with van der Waals surface area (Å²) in [5.41, 5.74) is 5.56. The Morgan fingerprint density at radius 1 is 1.40 bits per heavy atom. The normalized spacial score (nSPS) is 17.6. The van der Waals surface area contributed by atoms with Gasteiger partial charge in [-0.25, -0.2) is 4.79 Å². The van der Waals surface area contributed by atoms with Gasteiger partial charge in [0.1, 0.15) is 5.60 Å². The molecule has 20 heavy (non-hydrogen) atoms. The molecule has 0 aliphatic carbocycles. The van der Waals surface area contributed by atoms with Crippen molar-refractivity contribution in [2.75, 3.05) is 12.3 Å². The summed E-state index contributed by atoms with van der Waals surface area (Å²) in [7, 11) is 0. The number of carbonyl (C=O) groups is 1. The molecule has 0 atom stereocenters. The minimum Gasteiger partial charge on any atom is -0.444 e. The maximum Gasteiger partial charge on any atom is 0.410 e. The van der Waals surface area contributed by atoms with Gasteiger partial charge in [0, 0.05) is 17.8 Å². The lowest BCUT2D eigenvalue weighted by Gasteiger charge is -2.35. The number of amides is 1. The fourth-order valence-electron chi connectivity index (χ4n) is 2.14. The summed E-state index contributed by atoms with van der Waals surface area (Å²) in [4.78, 5) is 12.9. The molecular weight excluding hydrogens is 266 g/mol. The molecule has 110 valence electrons. The van der Waals surface area contributed by atoms with Crippen molar-refractivity contribution >= 4 is 11.8 Å². The van der Waals surface area contributed by atoms with Crippen LogP contribution in [0.1, 0.15) is 31.9 Å². The minimum absolute atomic E-state index is 0.0743. The third-order valence-corrected chi connectivity index (χ3v) is 2.93. The highest BCUT2D eigenvalue weighted by Gasteiger charge is 2.42. The van der Waals surface area contributed by atoms with Crippen LogP contribution in [-0.4, -0.2) is 23.1 Å². The first kappa shape index (κ1) is 14.6. The average molecular weight is 284 g/mol. The summed E-state index contributed by atoms with van der Waals surface area (Å²) in [5, 5.41) is 0. The number of nitrogens with zero attached hydrogens (tertiary/aromatic N) is 1. The maximum atomic E-state index is 14.1. The van der Waals surface area contributed by atoms with Gasteiger partial charge in [-0.1, -0.05) is 6.07 Å². The van der Waals surface area contributed by atoms with Gasteiger partial charge in [-0.2, -0.15) is 8.78 Å². The number of ether oxygens (including phenoxy) is 1. The molecule has 0 aromatic heterocycles. The SMILES string of the molecule is CC(C)(C)OC(=O)N1Cc2cc(N)ccc2C(F)(F)C1. The third kappa shape index (κ3) is 3.00. The third-order valence-electron chi connectivity index (χ3n) is 2.93. The van der Waals surface area contributed by atoms with Crippen LogP contribution in [0, 0.1) is 0 Å². The lowest BCUT2D eigenvalue weighted by molar-refractivity contribution is -0.0591. The highest BCUT2D eigenvalue weighted by Crippen LogP contribution is 2.37. The van der Waals surface area contributed by atoms with Gasteiger partial charge < -0.3 is 10.5 Å². The number of alkyl halides is 2. The number of carbonyl (C=O) groups excluding carboxylic acids is 1. The van der Waals surface area contributed by atoms with E-state index in [1.807, 2.05) is 0 Å². The molecule has 1 aromatic rings. The lowest BCUT2D eigenvalue weighted by Crippen LogP contribution is -2.45. The number of rotatable bonds is 0. The zero-order valence-corrected chi connectivity index (χ0v) is 11.7. The molecule has 0 radical (unpaired) electrons. The quantitative estimate of drug-likeness (QED) is 0.745. The first-order valence-electron chi connectivity index (χ1n) is 6.33. The van der Waals surface area contributed by atoms with E-state index in [0.29, 0.717) is 11.3 Å². The number of nitrogen functional groups attached to an aromatic ring is 1. The zero-order chi connectivity index (χ0) is 15.1. The number of nitrogens with two attached hydrogens (primary N) is 1. The van der Waals surface area contributed by atoms with Crippen LogP contribution in [0.2, 0.25) is 0 Å². The first-order valence-corrected chi connectivity index (χ1v) is 6.33. The molecule has 1 aliphatic heterocycles. The van der Waals surface area contributed by atoms with Gasteiger partial charge in [0.2, 0.25) is 0 Å². The molecule has 1 aromatic carbocycles. The molecule has 4 nitrogen and oxygen atoms in total. The van der Waals surface area contributed by atoms with E-state index < -0.39 is 24.2 Å². The van der Waals surface area contributed by atoms with Gasteiger partial charge >= 0.3 is 6.09 Å². The molecule has 2 rings (SSSR count). The molecule has 1 heterocycles. The summed E-state index contributed by atoms with van der Waals surface area (Å²) in [6.07, 6.45) is -0.745. The fraction of sp³-hybridized carbons (Fsp3) is 0.500. The highest BCUT2D eigenvalue weighted by atomic mass is 19.3. The summed E-state index contributed by atoms with van der Waals surface area (Å²) < 4.78 is 33.3. The molecule has 0 fully saturated rings. The summed E-state index contributed by atoms with van der Waals surface area (Å²) in [6, 6.07) is 4.23. The molecular formula is C14H18F2N2O2. The van der Waals surface area contributed by atoms with E-state index in [9.17, 15) is 13.6 Å². The van der Waals surface area contributed by atoms with Crippen molar-refractivity contribution in [3.63, 3.8) is 0 Å². The molecule has 1 aliphatic rings. The largest absolute Gasteiger partial charge is 0.444 e. The predicted molar refractivity (Wildman–Crippen MR) is 71.4 cm³/mol. The Balaban J connectivity index is 2.28. The van der Waals surface area contributed by atoms with E-state index in [1.165, 1.54) is 18.2 Å². The molecule has 0 saturated heterocycles. The number of fused-ring (bicyclic) bond motifs is 1. The van der Waals surface area contributed by atoms with Crippen LogP contribution in [0.25, 0.3) is 0 Å². The van der Waals surface area contributed by atoms with Gasteiger partial charge in [0.25, 0.3) is 5.92 Å². The van der Waals surface area contributed by atoms with E-state index in [2.05, 4.69) is 0 Å². The smallest absolute Gasteiger partial charge is 0.410 e. The highest BCUT2D eigenvalue weighted by molar-refractivity contribution is 5.69. The Hall–Kier alpha value is -1.85. The fourth-order valence-corrected chi connectivity index (χ4v) is 2.14. The Morgan fingerprint density at radius 2 is 2.05 bits per heavy atom. The van der Waals surface area contributed by atoms with Gasteiger partial charge in [0.05, 0.1) is 6.54 Å². The van der Waals surface area contributed by atoms with Crippen LogP contribution in [-0.2, 0) is 17.2 Å². The van der Waals surface area contributed by atoms with Gasteiger partial charge in [-0.15, -0.1) is 0 Å². The van der Waals surface area contributed by atoms with Crippen LogP contribution in [0.15, 0.2) is 18.2 Å². The van der Waals surface area contributed by atoms with Gasteiger partial charge in [-0.3, -0.25) is 4.90 Å². The predicted octanol–water partition coefficient (Wildman–Crippen LogP) is 3.11. The summed E-state index contributed by atoms with van der Waals surface area (Å²) in [5.74, 6) is -3.10. The summed E-state index contributed by atoms with van der Waals surface area (Å²) in [6.45, 7) is 4.47. The Morgan fingerprint density at radius 3 is 2.65 bits per heavy atom. The van der Waals surface area contributed by atoms with E-state index >= 15 is 0 Å². The average Bonchev–Trinajstić information content (AvgIpc) is 2.24. The number of benzene rings is 1. The molecule has 2 N–H and O–H groups in total. The van der Waals surface area contributed by atoms with Crippen LogP contribution in [0.3, 0.4) is 0 Å². The van der Waals surface area contributed by atoms with Crippen molar-refractivity contribution in [2.45, 2.75) is 38.8 Å². The zero-order valence-electron chi connectivity index (χ0n) is 11.7.